The Morgan fingerprint density at radius 2 is 2.38 bits per heavy atom. The quantitative estimate of drug-likeness (QED) is 0.728. The normalized spacial score (nSPS) is 13.3. The molecule has 1 aromatic heterocycles. The number of anilines is 1. The molecule has 0 amide bonds. The van der Waals surface area contributed by atoms with Crippen molar-refractivity contribution < 1.29 is 8.42 Å². The smallest absolute Gasteiger partial charge is 0.227 e. The Hall–Kier alpha value is -1.59. The summed E-state index contributed by atoms with van der Waals surface area (Å²) in [5.41, 5.74) is 6.22. The van der Waals surface area contributed by atoms with E-state index in [1.807, 2.05) is 0 Å². The van der Waals surface area contributed by atoms with Crippen molar-refractivity contribution in [1.29, 1.82) is 5.26 Å². The number of nitrogen functional groups attached to an aromatic ring is 1. The Labute approximate surface area is 93.9 Å². The van der Waals surface area contributed by atoms with E-state index in [-0.39, 0.29) is 6.54 Å². The van der Waals surface area contributed by atoms with Gasteiger partial charge in [0.25, 0.3) is 0 Å². The molecule has 1 unspecified atom stereocenters. The first kappa shape index (κ1) is 12.5. The zero-order chi connectivity index (χ0) is 12.3. The van der Waals surface area contributed by atoms with Crippen LogP contribution in [0.1, 0.15) is 12.5 Å². The van der Waals surface area contributed by atoms with Gasteiger partial charge in [-0.2, -0.15) is 10.4 Å². The molecular formula is C8H13N5O2S. The number of aryl methyl sites for hydroxylation is 1. The molecule has 1 rings (SSSR count). The first-order valence-electron chi connectivity index (χ1n) is 4.53. The van der Waals surface area contributed by atoms with Crippen LogP contribution in [0.25, 0.3) is 0 Å². The molecule has 88 valence electrons. The average molecular weight is 243 g/mol. The van der Waals surface area contributed by atoms with E-state index < -0.39 is 15.3 Å². The molecule has 0 saturated carbocycles. The first-order valence-corrected chi connectivity index (χ1v) is 6.07. The number of nitrogens with zero attached hydrogens (tertiary/aromatic N) is 3. The Balaban J connectivity index is 2.73. The Morgan fingerprint density at radius 1 is 1.75 bits per heavy atom. The SMILES string of the molecule is CC(C#N)S(=O)(=O)NCc1cnn(C)c1N. The van der Waals surface area contributed by atoms with E-state index in [0.29, 0.717) is 11.4 Å². The molecule has 8 heteroatoms. The maximum Gasteiger partial charge on any atom is 0.227 e. The summed E-state index contributed by atoms with van der Waals surface area (Å²) >= 11 is 0. The molecule has 1 heterocycles. The number of nitrogens with two attached hydrogens (primary N) is 1. The molecule has 0 saturated heterocycles. The van der Waals surface area contributed by atoms with Crippen molar-refractivity contribution >= 4 is 15.8 Å². The van der Waals surface area contributed by atoms with Crippen LogP contribution in [0, 0.1) is 11.3 Å². The van der Waals surface area contributed by atoms with Crippen molar-refractivity contribution in [3.63, 3.8) is 0 Å². The maximum absolute atomic E-state index is 11.5. The molecule has 7 nitrogen and oxygen atoms in total. The predicted molar refractivity (Wildman–Crippen MR) is 58.5 cm³/mol. The van der Waals surface area contributed by atoms with Crippen molar-refractivity contribution in [3.8, 4) is 6.07 Å². The van der Waals surface area contributed by atoms with Gasteiger partial charge in [0.05, 0.1) is 12.3 Å². The molecule has 0 aliphatic carbocycles. The monoisotopic (exact) mass is 243 g/mol. The molecule has 3 N–H and O–H groups in total. The van der Waals surface area contributed by atoms with Crippen molar-refractivity contribution in [2.75, 3.05) is 5.73 Å². The zero-order valence-electron chi connectivity index (χ0n) is 9.01. The van der Waals surface area contributed by atoms with Crippen molar-refractivity contribution in [3.05, 3.63) is 11.8 Å². The standard InChI is InChI=1S/C8H13N5O2S/c1-6(3-9)16(14,15)12-5-7-4-11-13(2)8(7)10/h4,6,12H,5,10H2,1-2H3. The van der Waals surface area contributed by atoms with E-state index >= 15 is 0 Å². The van der Waals surface area contributed by atoms with Gasteiger partial charge in [-0.1, -0.05) is 0 Å². The molecule has 0 fully saturated rings. The molecule has 0 radical (unpaired) electrons. The van der Waals surface area contributed by atoms with E-state index in [1.165, 1.54) is 17.8 Å². The molecule has 0 bridgehead atoms. The molecule has 0 spiro atoms. The lowest BCUT2D eigenvalue weighted by Crippen LogP contribution is -2.31. The van der Waals surface area contributed by atoms with Crippen LogP contribution in [0.15, 0.2) is 6.20 Å². The van der Waals surface area contributed by atoms with Crippen LogP contribution in [0.5, 0.6) is 0 Å². The fraction of sp³-hybridized carbons (Fsp3) is 0.500. The first-order chi connectivity index (χ1) is 7.38. The fourth-order valence-corrected chi connectivity index (χ4v) is 1.75. The van der Waals surface area contributed by atoms with Gasteiger partial charge >= 0.3 is 0 Å². The molecule has 0 aromatic carbocycles. The van der Waals surface area contributed by atoms with Gasteiger partial charge in [0.1, 0.15) is 5.82 Å². The molecular weight excluding hydrogens is 230 g/mol. The minimum atomic E-state index is -3.62. The number of sulfonamides is 1. The van der Waals surface area contributed by atoms with Gasteiger partial charge in [-0.3, -0.25) is 4.68 Å². The maximum atomic E-state index is 11.5. The highest BCUT2D eigenvalue weighted by Crippen LogP contribution is 2.09. The van der Waals surface area contributed by atoms with Gasteiger partial charge in [0.2, 0.25) is 10.0 Å². The highest BCUT2D eigenvalue weighted by atomic mass is 32.2. The van der Waals surface area contributed by atoms with Gasteiger partial charge in [0, 0.05) is 19.2 Å². The van der Waals surface area contributed by atoms with Gasteiger partial charge in [-0.05, 0) is 6.92 Å². The number of hydrogen-bond donors (Lipinski definition) is 2. The third-order valence-corrected chi connectivity index (χ3v) is 3.76. The summed E-state index contributed by atoms with van der Waals surface area (Å²) in [4.78, 5) is 0. The summed E-state index contributed by atoms with van der Waals surface area (Å²) in [5, 5.41) is 11.3. The number of aromatic nitrogens is 2. The van der Waals surface area contributed by atoms with Crippen LogP contribution in [0.4, 0.5) is 5.82 Å². The average Bonchev–Trinajstić information content (AvgIpc) is 2.56. The van der Waals surface area contributed by atoms with Gasteiger partial charge in [-0.25, -0.2) is 13.1 Å². The third kappa shape index (κ3) is 2.50. The number of hydrogen-bond acceptors (Lipinski definition) is 5. The minimum Gasteiger partial charge on any atom is -0.384 e. The fourth-order valence-electron chi connectivity index (χ4n) is 1.00. The highest BCUT2D eigenvalue weighted by Gasteiger charge is 2.20. The molecule has 16 heavy (non-hydrogen) atoms. The Kier molecular flexibility index (Phi) is 3.51. The largest absolute Gasteiger partial charge is 0.384 e. The second-order valence-corrected chi connectivity index (χ2v) is 5.40. The molecule has 1 aromatic rings. The topological polar surface area (TPSA) is 114 Å². The zero-order valence-corrected chi connectivity index (χ0v) is 9.82. The van der Waals surface area contributed by atoms with Gasteiger partial charge in [-0.15, -0.1) is 0 Å². The lowest BCUT2D eigenvalue weighted by Gasteiger charge is -2.07. The summed E-state index contributed by atoms with van der Waals surface area (Å²) in [6, 6.07) is 1.66. The number of rotatable bonds is 4. The van der Waals surface area contributed by atoms with E-state index in [9.17, 15) is 8.42 Å². The van der Waals surface area contributed by atoms with Crippen LogP contribution in [0.2, 0.25) is 0 Å². The van der Waals surface area contributed by atoms with Crippen LogP contribution in [-0.4, -0.2) is 23.4 Å². The van der Waals surface area contributed by atoms with Crippen LogP contribution >= 0.6 is 0 Å². The highest BCUT2D eigenvalue weighted by molar-refractivity contribution is 7.90. The lowest BCUT2D eigenvalue weighted by molar-refractivity contribution is 0.577. The van der Waals surface area contributed by atoms with Crippen LogP contribution in [0.3, 0.4) is 0 Å². The van der Waals surface area contributed by atoms with Gasteiger partial charge < -0.3 is 5.73 Å². The van der Waals surface area contributed by atoms with E-state index in [4.69, 9.17) is 11.0 Å². The van der Waals surface area contributed by atoms with E-state index in [0.717, 1.165) is 0 Å². The van der Waals surface area contributed by atoms with E-state index in [2.05, 4.69) is 9.82 Å². The second-order valence-electron chi connectivity index (χ2n) is 3.32. The lowest BCUT2D eigenvalue weighted by atomic mass is 10.3. The molecule has 1 atom stereocenters. The van der Waals surface area contributed by atoms with Gasteiger partial charge in [0.15, 0.2) is 5.25 Å². The number of nitrogens with one attached hydrogen (secondary N) is 1. The van der Waals surface area contributed by atoms with Crippen molar-refractivity contribution in [1.82, 2.24) is 14.5 Å². The number of nitriles is 1. The summed E-state index contributed by atoms with van der Waals surface area (Å²) in [6.07, 6.45) is 1.48. The summed E-state index contributed by atoms with van der Waals surface area (Å²) in [5.74, 6) is 0.396. The Bertz CT molecular complexity index is 513. The van der Waals surface area contributed by atoms with E-state index in [1.54, 1.807) is 13.1 Å². The third-order valence-electron chi connectivity index (χ3n) is 2.18. The Morgan fingerprint density at radius 3 is 2.81 bits per heavy atom. The van der Waals surface area contributed by atoms with Crippen LogP contribution in [-0.2, 0) is 23.6 Å². The summed E-state index contributed by atoms with van der Waals surface area (Å²) < 4.78 is 26.6. The molecule has 0 aliphatic rings. The summed E-state index contributed by atoms with van der Waals surface area (Å²) in [6.45, 7) is 1.35. The minimum absolute atomic E-state index is 0.0357. The molecule has 0 aliphatic heterocycles. The second kappa shape index (κ2) is 4.51. The predicted octanol–water partition coefficient (Wildman–Crippen LogP) is -0.666. The van der Waals surface area contributed by atoms with Crippen molar-refractivity contribution in [2.24, 2.45) is 7.05 Å². The summed E-state index contributed by atoms with van der Waals surface area (Å²) in [7, 11) is -1.96. The van der Waals surface area contributed by atoms with Crippen LogP contribution < -0.4 is 10.5 Å². The van der Waals surface area contributed by atoms with Crippen molar-refractivity contribution in [2.45, 2.75) is 18.7 Å².